The van der Waals surface area contributed by atoms with Crippen molar-refractivity contribution in [2.45, 2.75) is 12.3 Å². The van der Waals surface area contributed by atoms with Crippen molar-refractivity contribution in [3.8, 4) is 23.6 Å². The predicted octanol–water partition coefficient (Wildman–Crippen LogP) is 5.10. The maximum Gasteiger partial charge on any atom is 0.151 e. The third-order valence-corrected chi connectivity index (χ3v) is 5.04. The molecule has 0 aliphatic carbocycles. The number of ether oxygens (including phenoxy) is 1. The third-order valence-electron chi connectivity index (χ3n) is 5.04. The van der Waals surface area contributed by atoms with E-state index >= 15 is 0 Å². The van der Waals surface area contributed by atoms with Gasteiger partial charge in [-0.2, -0.15) is 10.5 Å². The molecule has 4 rings (SSSR count). The van der Waals surface area contributed by atoms with Crippen LogP contribution >= 0.6 is 0 Å². The van der Waals surface area contributed by atoms with E-state index < -0.39 is 11.3 Å². The molecule has 124 valence electrons. The van der Waals surface area contributed by atoms with Crippen LogP contribution in [-0.2, 0) is 5.41 Å². The monoisotopic (exact) mass is 336 g/mol. The predicted molar refractivity (Wildman–Crippen MR) is 98.7 cm³/mol. The lowest BCUT2D eigenvalue weighted by molar-refractivity contribution is 0.399. The molecule has 0 fully saturated rings. The zero-order valence-corrected chi connectivity index (χ0v) is 14.3. The van der Waals surface area contributed by atoms with Crippen LogP contribution < -0.4 is 4.74 Å². The number of benzene rings is 3. The number of para-hydroxylation sites is 2. The minimum absolute atomic E-state index is 0.683. The van der Waals surface area contributed by atoms with Gasteiger partial charge in [0.2, 0.25) is 0 Å². The van der Waals surface area contributed by atoms with Gasteiger partial charge in [-0.25, -0.2) is 0 Å². The van der Waals surface area contributed by atoms with Crippen molar-refractivity contribution in [3.05, 3.63) is 95.1 Å². The molecule has 26 heavy (non-hydrogen) atoms. The number of nitrogens with zero attached hydrogens (tertiary/aromatic N) is 2. The fourth-order valence-electron chi connectivity index (χ4n) is 3.85. The van der Waals surface area contributed by atoms with Crippen molar-refractivity contribution in [3.63, 3.8) is 0 Å². The first-order valence-electron chi connectivity index (χ1n) is 8.45. The summed E-state index contributed by atoms with van der Waals surface area (Å²) in [5, 5.41) is 19.8. The number of nitriles is 2. The highest BCUT2D eigenvalue weighted by Gasteiger charge is 2.50. The lowest BCUT2D eigenvalue weighted by Gasteiger charge is -2.41. The highest BCUT2D eigenvalue weighted by atomic mass is 16.5. The number of hydrogen-bond donors (Lipinski definition) is 0. The Balaban J connectivity index is 2.17. The van der Waals surface area contributed by atoms with Gasteiger partial charge in [-0.1, -0.05) is 66.2 Å². The van der Waals surface area contributed by atoms with Crippen LogP contribution in [0.15, 0.2) is 72.8 Å². The minimum Gasteiger partial charge on any atom is -0.457 e. The van der Waals surface area contributed by atoms with E-state index in [-0.39, 0.29) is 0 Å². The lowest BCUT2D eigenvalue weighted by Crippen LogP contribution is -2.39. The van der Waals surface area contributed by atoms with Crippen molar-refractivity contribution in [2.24, 2.45) is 5.92 Å². The molecule has 0 atom stereocenters. The molecule has 0 saturated heterocycles. The average Bonchev–Trinajstić information content (AvgIpc) is 2.69. The second-order valence-corrected chi connectivity index (χ2v) is 6.46. The van der Waals surface area contributed by atoms with E-state index in [1.807, 2.05) is 79.7 Å². The molecule has 1 aliphatic rings. The fourth-order valence-corrected chi connectivity index (χ4v) is 3.85. The van der Waals surface area contributed by atoms with Crippen molar-refractivity contribution in [1.29, 1.82) is 10.5 Å². The molecule has 1 aliphatic heterocycles. The fraction of sp³-hybridized carbons (Fsp3) is 0.130. The molecule has 3 aromatic rings. The summed E-state index contributed by atoms with van der Waals surface area (Å²) in [4.78, 5) is 0. The number of rotatable bonds is 2. The third kappa shape index (κ3) is 2.11. The van der Waals surface area contributed by atoms with Crippen LogP contribution in [0.25, 0.3) is 0 Å². The van der Waals surface area contributed by atoms with Crippen molar-refractivity contribution in [1.82, 2.24) is 0 Å². The zero-order valence-electron chi connectivity index (χ0n) is 14.3. The van der Waals surface area contributed by atoms with Crippen molar-refractivity contribution < 1.29 is 4.74 Å². The van der Waals surface area contributed by atoms with Crippen LogP contribution in [0.4, 0.5) is 0 Å². The van der Waals surface area contributed by atoms with Crippen LogP contribution in [0.1, 0.15) is 22.3 Å². The summed E-state index contributed by atoms with van der Waals surface area (Å²) >= 11 is 0. The number of hydrogen-bond acceptors (Lipinski definition) is 3. The summed E-state index contributed by atoms with van der Waals surface area (Å²) in [5.41, 5.74) is 2.83. The summed E-state index contributed by atoms with van der Waals surface area (Å²) in [6.45, 7) is 2.02. The quantitative estimate of drug-likeness (QED) is 0.654. The Kier molecular flexibility index (Phi) is 3.72. The molecule has 0 saturated carbocycles. The smallest absolute Gasteiger partial charge is 0.151 e. The second-order valence-electron chi connectivity index (χ2n) is 6.46. The van der Waals surface area contributed by atoms with E-state index in [1.165, 1.54) is 0 Å². The first-order chi connectivity index (χ1) is 12.7. The van der Waals surface area contributed by atoms with Crippen LogP contribution in [0.2, 0.25) is 0 Å². The summed E-state index contributed by atoms with van der Waals surface area (Å²) in [7, 11) is 0. The number of fused-ring (bicyclic) bond motifs is 2. The topological polar surface area (TPSA) is 56.8 Å². The van der Waals surface area contributed by atoms with Crippen molar-refractivity contribution >= 4 is 0 Å². The van der Waals surface area contributed by atoms with Crippen LogP contribution in [0, 0.1) is 35.5 Å². The highest BCUT2D eigenvalue weighted by Crippen LogP contribution is 2.55. The molecule has 0 amide bonds. The van der Waals surface area contributed by atoms with Crippen molar-refractivity contribution in [2.75, 3.05) is 0 Å². The highest BCUT2D eigenvalue weighted by molar-refractivity contribution is 5.65. The summed E-state index contributed by atoms with van der Waals surface area (Å²) < 4.78 is 6.10. The molecule has 0 unspecified atom stereocenters. The molecule has 0 spiro atoms. The largest absolute Gasteiger partial charge is 0.457 e. The molecule has 3 nitrogen and oxygen atoms in total. The normalized spacial score (nSPS) is 13.7. The molecular formula is C23H16N2O. The van der Waals surface area contributed by atoms with Gasteiger partial charge in [-0.05, 0) is 24.6 Å². The van der Waals surface area contributed by atoms with Gasteiger partial charge in [-0.3, -0.25) is 0 Å². The molecule has 3 aromatic carbocycles. The van der Waals surface area contributed by atoms with Gasteiger partial charge in [0.05, 0.1) is 17.6 Å². The second kappa shape index (κ2) is 6.06. The van der Waals surface area contributed by atoms with Crippen LogP contribution in [-0.4, -0.2) is 0 Å². The summed E-state index contributed by atoms with van der Waals surface area (Å²) in [6, 6.07) is 27.9. The Hall–Kier alpha value is -3.56. The average molecular weight is 336 g/mol. The van der Waals surface area contributed by atoms with E-state index in [0.29, 0.717) is 11.5 Å². The van der Waals surface area contributed by atoms with E-state index in [2.05, 4.69) is 12.1 Å². The Bertz CT molecular complexity index is 995. The molecule has 0 aromatic heterocycles. The molecule has 0 N–H and O–H groups in total. The lowest BCUT2D eigenvalue weighted by atomic mass is 9.61. The van der Waals surface area contributed by atoms with Gasteiger partial charge < -0.3 is 4.74 Å². The Morgan fingerprint density at radius 1 is 0.769 bits per heavy atom. The number of aryl methyl sites for hydroxylation is 1. The van der Waals surface area contributed by atoms with Gasteiger partial charge in [0.25, 0.3) is 0 Å². The van der Waals surface area contributed by atoms with E-state index in [9.17, 15) is 10.5 Å². The Morgan fingerprint density at radius 3 is 1.77 bits per heavy atom. The van der Waals surface area contributed by atoms with Gasteiger partial charge in [-0.15, -0.1) is 0 Å². The minimum atomic E-state index is -0.900. The van der Waals surface area contributed by atoms with Crippen LogP contribution in [0.5, 0.6) is 11.5 Å². The standard InChI is InChI=1S/C23H16N2O/c1-16-10-12-17(13-11-16)23(18(14-24)15-25)19-6-2-4-8-21(19)26-22-9-5-3-7-20(22)23/h2-13,18H,1H3. The van der Waals surface area contributed by atoms with Gasteiger partial charge >= 0.3 is 0 Å². The Morgan fingerprint density at radius 2 is 1.27 bits per heavy atom. The van der Waals surface area contributed by atoms with Gasteiger partial charge in [0.15, 0.2) is 5.92 Å². The SMILES string of the molecule is Cc1ccc(C2(C(C#N)C#N)c3ccccc3Oc3ccccc32)cc1. The van der Waals surface area contributed by atoms with E-state index in [4.69, 9.17) is 4.74 Å². The first kappa shape index (κ1) is 15.9. The molecule has 0 bridgehead atoms. The summed E-state index contributed by atoms with van der Waals surface area (Å²) in [5.74, 6) is 0.473. The van der Waals surface area contributed by atoms with E-state index in [0.717, 1.165) is 22.3 Å². The molecule has 0 radical (unpaired) electrons. The zero-order chi connectivity index (χ0) is 18.1. The summed E-state index contributed by atoms with van der Waals surface area (Å²) in [6.07, 6.45) is 0. The van der Waals surface area contributed by atoms with Crippen LogP contribution in [0.3, 0.4) is 0 Å². The van der Waals surface area contributed by atoms with Gasteiger partial charge in [0.1, 0.15) is 11.5 Å². The Labute approximate surface area is 152 Å². The molecule has 1 heterocycles. The molecular weight excluding hydrogens is 320 g/mol. The van der Waals surface area contributed by atoms with Gasteiger partial charge in [0, 0.05) is 11.1 Å². The first-order valence-corrected chi connectivity index (χ1v) is 8.45. The maximum absolute atomic E-state index is 9.90. The molecule has 3 heteroatoms. The maximum atomic E-state index is 9.90. The van der Waals surface area contributed by atoms with E-state index in [1.54, 1.807) is 0 Å².